The van der Waals surface area contributed by atoms with E-state index in [1.54, 1.807) is 13.0 Å². The fourth-order valence-corrected chi connectivity index (χ4v) is 4.36. The summed E-state index contributed by atoms with van der Waals surface area (Å²) in [6, 6.07) is 4.25. The summed E-state index contributed by atoms with van der Waals surface area (Å²) in [4.78, 5) is 12.2. The molecule has 9 heteroatoms. The van der Waals surface area contributed by atoms with Crippen molar-refractivity contribution in [1.82, 2.24) is 9.21 Å². The second-order valence-electron chi connectivity index (χ2n) is 5.15. The summed E-state index contributed by atoms with van der Waals surface area (Å²) in [6.07, 6.45) is 0. The van der Waals surface area contributed by atoms with Gasteiger partial charge < -0.3 is 5.11 Å². The average Bonchev–Trinajstić information content (AvgIpc) is 2.47. The minimum atomic E-state index is -3.90. The molecule has 122 valence electrons. The fourth-order valence-electron chi connectivity index (χ4n) is 2.58. The lowest BCUT2D eigenvalue weighted by Gasteiger charge is -2.33. The number of aliphatic hydroxyl groups is 1. The highest BCUT2D eigenvalue weighted by Crippen LogP contribution is 2.30. The number of hydrogen-bond donors (Lipinski definition) is 1. The molecule has 1 heterocycles. The largest absolute Gasteiger partial charge is 0.395 e. The molecule has 8 nitrogen and oxygen atoms in total. The van der Waals surface area contributed by atoms with Crippen LogP contribution < -0.4 is 0 Å². The van der Waals surface area contributed by atoms with Gasteiger partial charge in [0, 0.05) is 38.8 Å². The molecule has 2 rings (SSSR count). The van der Waals surface area contributed by atoms with E-state index in [1.165, 1.54) is 16.4 Å². The van der Waals surface area contributed by atoms with Crippen molar-refractivity contribution in [2.24, 2.45) is 0 Å². The van der Waals surface area contributed by atoms with Gasteiger partial charge in [-0.2, -0.15) is 4.31 Å². The minimum Gasteiger partial charge on any atom is -0.395 e. The Labute approximate surface area is 129 Å². The van der Waals surface area contributed by atoms with Crippen LogP contribution in [0, 0.1) is 17.0 Å². The summed E-state index contributed by atoms with van der Waals surface area (Å²) in [5, 5.41) is 20.0. The molecule has 0 unspecified atom stereocenters. The molecule has 22 heavy (non-hydrogen) atoms. The number of aryl methyl sites for hydroxylation is 1. The van der Waals surface area contributed by atoms with E-state index in [0.717, 1.165) is 0 Å². The van der Waals surface area contributed by atoms with E-state index in [0.29, 0.717) is 25.2 Å². The quantitative estimate of drug-likeness (QED) is 0.611. The summed E-state index contributed by atoms with van der Waals surface area (Å²) >= 11 is 0. The van der Waals surface area contributed by atoms with Crippen molar-refractivity contribution in [2.45, 2.75) is 11.8 Å². The molecule has 1 aliphatic heterocycles. The fraction of sp³-hybridized carbons (Fsp3) is 0.538. The molecule has 0 bridgehead atoms. The van der Waals surface area contributed by atoms with Crippen LogP contribution in [0.5, 0.6) is 0 Å². The summed E-state index contributed by atoms with van der Waals surface area (Å²) in [5.41, 5.74) is -0.0234. The first-order chi connectivity index (χ1) is 10.4. The number of aliphatic hydroxyl groups excluding tert-OH is 1. The molecule has 1 aromatic rings. The van der Waals surface area contributed by atoms with Crippen LogP contribution in [0.1, 0.15) is 5.56 Å². The van der Waals surface area contributed by atoms with Gasteiger partial charge in [-0.25, -0.2) is 8.42 Å². The van der Waals surface area contributed by atoms with Crippen LogP contribution in [0.15, 0.2) is 23.1 Å². The van der Waals surface area contributed by atoms with Gasteiger partial charge in [0.25, 0.3) is 5.69 Å². The number of sulfonamides is 1. The monoisotopic (exact) mass is 329 g/mol. The third-order valence-electron chi connectivity index (χ3n) is 3.73. The Balaban J connectivity index is 2.31. The molecule has 0 aromatic heterocycles. The third-order valence-corrected chi connectivity index (χ3v) is 5.83. The smallest absolute Gasteiger partial charge is 0.289 e. The van der Waals surface area contributed by atoms with Crippen molar-refractivity contribution in [1.29, 1.82) is 0 Å². The second kappa shape index (κ2) is 6.69. The Morgan fingerprint density at radius 3 is 2.45 bits per heavy atom. The molecule has 1 N–H and O–H groups in total. The van der Waals surface area contributed by atoms with Gasteiger partial charge in [-0.3, -0.25) is 15.0 Å². The summed E-state index contributed by atoms with van der Waals surface area (Å²) < 4.78 is 26.8. The summed E-state index contributed by atoms with van der Waals surface area (Å²) in [5.74, 6) is 0. The lowest BCUT2D eigenvalue weighted by molar-refractivity contribution is -0.387. The van der Waals surface area contributed by atoms with Gasteiger partial charge in [0.05, 0.1) is 11.5 Å². The summed E-state index contributed by atoms with van der Waals surface area (Å²) in [6.45, 7) is 3.59. The molecule has 0 radical (unpaired) electrons. The maximum atomic E-state index is 12.8. The predicted octanol–water partition coefficient (Wildman–Crippen LogP) is 0.202. The zero-order chi connectivity index (χ0) is 16.3. The molecule has 1 fully saturated rings. The van der Waals surface area contributed by atoms with Crippen LogP contribution in [0.2, 0.25) is 0 Å². The number of nitrogens with zero attached hydrogens (tertiary/aromatic N) is 3. The normalized spacial score (nSPS) is 17.5. The molecule has 0 saturated carbocycles. The second-order valence-corrected chi connectivity index (χ2v) is 7.02. The predicted molar refractivity (Wildman–Crippen MR) is 80.1 cm³/mol. The minimum absolute atomic E-state index is 0.0238. The van der Waals surface area contributed by atoms with Gasteiger partial charge in [-0.05, 0) is 12.5 Å². The van der Waals surface area contributed by atoms with Crippen molar-refractivity contribution < 1.29 is 18.4 Å². The van der Waals surface area contributed by atoms with Crippen molar-refractivity contribution in [2.75, 3.05) is 39.3 Å². The van der Waals surface area contributed by atoms with E-state index in [4.69, 9.17) is 5.11 Å². The van der Waals surface area contributed by atoms with E-state index < -0.39 is 20.6 Å². The molecule has 0 atom stereocenters. The Kier molecular flexibility index (Phi) is 5.12. The molecule has 0 aliphatic carbocycles. The van der Waals surface area contributed by atoms with Crippen LogP contribution in [-0.2, 0) is 10.0 Å². The number of rotatable bonds is 5. The number of nitro benzene ring substituents is 1. The van der Waals surface area contributed by atoms with Gasteiger partial charge >= 0.3 is 0 Å². The number of β-amino-alcohol motifs (C(OH)–C–C–N with tert-alkyl or cyclic N) is 1. The SMILES string of the molecule is Cc1cccc([N+](=O)[O-])c1S(=O)(=O)N1CCN(CCO)CC1. The molecule has 1 saturated heterocycles. The van der Waals surface area contributed by atoms with Crippen LogP contribution in [-0.4, -0.2) is 67.0 Å². The van der Waals surface area contributed by atoms with Gasteiger partial charge in [-0.15, -0.1) is 0 Å². The molecule has 0 amide bonds. The topological polar surface area (TPSA) is 104 Å². The van der Waals surface area contributed by atoms with Gasteiger partial charge in [0.2, 0.25) is 10.0 Å². The molecule has 1 aromatic carbocycles. The number of nitro groups is 1. The molecule has 0 spiro atoms. The zero-order valence-corrected chi connectivity index (χ0v) is 13.1. The van der Waals surface area contributed by atoms with Crippen molar-refractivity contribution >= 4 is 15.7 Å². The highest BCUT2D eigenvalue weighted by atomic mass is 32.2. The first-order valence-corrected chi connectivity index (χ1v) is 8.39. The van der Waals surface area contributed by atoms with Crippen molar-refractivity contribution in [3.63, 3.8) is 0 Å². The van der Waals surface area contributed by atoms with E-state index in [-0.39, 0.29) is 24.6 Å². The first kappa shape index (κ1) is 16.8. The highest BCUT2D eigenvalue weighted by molar-refractivity contribution is 7.89. The Morgan fingerprint density at radius 1 is 1.27 bits per heavy atom. The van der Waals surface area contributed by atoms with Crippen LogP contribution in [0.4, 0.5) is 5.69 Å². The number of benzene rings is 1. The Morgan fingerprint density at radius 2 is 1.91 bits per heavy atom. The molecule has 1 aliphatic rings. The van der Waals surface area contributed by atoms with Gasteiger partial charge in [0.15, 0.2) is 4.90 Å². The average molecular weight is 329 g/mol. The van der Waals surface area contributed by atoms with E-state index in [2.05, 4.69) is 0 Å². The van der Waals surface area contributed by atoms with E-state index in [1.807, 2.05) is 4.90 Å². The standard InChI is InChI=1S/C13H19N3O5S/c1-11-3-2-4-12(16(18)19)13(11)22(20,21)15-7-5-14(6-8-15)9-10-17/h2-4,17H,5-10H2,1H3. The molecular weight excluding hydrogens is 310 g/mol. The lowest BCUT2D eigenvalue weighted by Crippen LogP contribution is -2.49. The van der Waals surface area contributed by atoms with Crippen molar-refractivity contribution in [3.05, 3.63) is 33.9 Å². The van der Waals surface area contributed by atoms with E-state index in [9.17, 15) is 18.5 Å². The Hall–Kier alpha value is -1.55. The number of piperazine rings is 1. The van der Waals surface area contributed by atoms with Crippen molar-refractivity contribution in [3.8, 4) is 0 Å². The summed E-state index contributed by atoms with van der Waals surface area (Å²) in [7, 11) is -3.90. The van der Waals surface area contributed by atoms with Crippen LogP contribution in [0.3, 0.4) is 0 Å². The maximum absolute atomic E-state index is 12.8. The van der Waals surface area contributed by atoms with Gasteiger partial charge in [0.1, 0.15) is 0 Å². The lowest BCUT2D eigenvalue weighted by atomic mass is 10.2. The maximum Gasteiger partial charge on any atom is 0.289 e. The zero-order valence-electron chi connectivity index (χ0n) is 12.3. The first-order valence-electron chi connectivity index (χ1n) is 6.95. The van der Waals surface area contributed by atoms with Gasteiger partial charge in [-0.1, -0.05) is 12.1 Å². The van der Waals surface area contributed by atoms with Crippen LogP contribution >= 0.6 is 0 Å². The Bertz CT molecular complexity index is 654. The molecular formula is C13H19N3O5S. The number of hydrogen-bond acceptors (Lipinski definition) is 6. The van der Waals surface area contributed by atoms with Crippen LogP contribution in [0.25, 0.3) is 0 Å². The third kappa shape index (κ3) is 3.27. The highest BCUT2D eigenvalue weighted by Gasteiger charge is 2.34. The van der Waals surface area contributed by atoms with E-state index >= 15 is 0 Å².